The second kappa shape index (κ2) is 11.8. The largest absolute Gasteiger partial charge is 0.321 e. The lowest BCUT2D eigenvalue weighted by atomic mass is 10.2. The van der Waals surface area contributed by atoms with Crippen molar-refractivity contribution in [1.29, 1.82) is 0 Å². The van der Waals surface area contributed by atoms with Gasteiger partial charge >= 0.3 is 0 Å². The molecule has 0 saturated carbocycles. The van der Waals surface area contributed by atoms with Crippen molar-refractivity contribution >= 4 is 36.7 Å². The van der Waals surface area contributed by atoms with Gasteiger partial charge in [0.2, 0.25) is 0 Å². The number of aromatic nitrogens is 4. The lowest BCUT2D eigenvalue weighted by Crippen LogP contribution is -2.11. The van der Waals surface area contributed by atoms with E-state index >= 15 is 0 Å². The Morgan fingerprint density at radius 2 is 1.24 bits per heavy atom. The molecule has 200 valence electrons. The van der Waals surface area contributed by atoms with Gasteiger partial charge in [0.15, 0.2) is 11.5 Å². The van der Waals surface area contributed by atoms with Gasteiger partial charge in [-0.3, -0.25) is 9.11 Å². The number of nitrogens with zero attached hydrogens (tertiary/aromatic N) is 4. The van der Waals surface area contributed by atoms with Gasteiger partial charge in [0.25, 0.3) is 20.2 Å². The Hall–Kier alpha value is -3.75. The molecular formula is C25H27N5O6S2. The van der Waals surface area contributed by atoms with Crippen LogP contribution in [0.3, 0.4) is 0 Å². The first-order chi connectivity index (χ1) is 17.8. The van der Waals surface area contributed by atoms with Crippen LogP contribution in [0.1, 0.15) is 29.9 Å². The van der Waals surface area contributed by atoms with Crippen LogP contribution in [-0.2, 0) is 20.2 Å². The van der Waals surface area contributed by atoms with Gasteiger partial charge in [-0.25, -0.2) is 0 Å². The van der Waals surface area contributed by atoms with E-state index in [1.807, 2.05) is 45.0 Å². The molecule has 0 saturated heterocycles. The highest BCUT2D eigenvalue weighted by Gasteiger charge is 2.12. The van der Waals surface area contributed by atoms with E-state index < -0.39 is 20.2 Å². The molecule has 4 N–H and O–H groups in total. The molecule has 11 nitrogen and oxygen atoms in total. The van der Waals surface area contributed by atoms with Crippen molar-refractivity contribution in [3.63, 3.8) is 0 Å². The maximum absolute atomic E-state index is 10.5. The highest BCUT2D eigenvalue weighted by atomic mass is 32.2. The molecule has 0 spiro atoms. The van der Waals surface area contributed by atoms with Crippen LogP contribution in [-0.4, -0.2) is 45.8 Å². The minimum atomic E-state index is -4.02. The van der Waals surface area contributed by atoms with E-state index in [9.17, 15) is 16.8 Å². The van der Waals surface area contributed by atoms with Crippen molar-refractivity contribution in [3.05, 3.63) is 95.9 Å². The predicted octanol–water partition coefficient (Wildman–Crippen LogP) is 3.78. The van der Waals surface area contributed by atoms with Crippen molar-refractivity contribution in [2.24, 2.45) is 5.73 Å². The number of rotatable bonds is 3. The zero-order valence-electron chi connectivity index (χ0n) is 20.8. The Balaban J connectivity index is 0.000000163. The average molecular weight is 558 g/mol. The van der Waals surface area contributed by atoms with Gasteiger partial charge in [-0.15, -0.1) is 10.2 Å². The molecule has 0 aliphatic rings. The Labute approximate surface area is 220 Å². The summed E-state index contributed by atoms with van der Waals surface area (Å²) in [5, 5.41) is 14.6. The summed E-state index contributed by atoms with van der Waals surface area (Å²) in [6.07, 6.45) is 1.80. The topological polar surface area (TPSA) is 178 Å². The van der Waals surface area contributed by atoms with E-state index in [1.165, 1.54) is 24.3 Å². The van der Waals surface area contributed by atoms with Crippen LogP contribution in [0.5, 0.6) is 0 Å². The summed E-state index contributed by atoms with van der Waals surface area (Å²) in [5.41, 5.74) is 8.47. The predicted molar refractivity (Wildman–Crippen MR) is 143 cm³/mol. The molecular weight excluding hydrogens is 530 g/mol. The van der Waals surface area contributed by atoms with Crippen molar-refractivity contribution in [2.45, 2.75) is 36.6 Å². The van der Waals surface area contributed by atoms with E-state index in [2.05, 4.69) is 15.3 Å². The molecule has 0 aliphatic heterocycles. The van der Waals surface area contributed by atoms with Crippen LogP contribution in [0.15, 0.2) is 88.8 Å². The minimum Gasteiger partial charge on any atom is -0.321 e. The molecule has 2 aromatic heterocycles. The SMILES string of the molecule is C[C@H](N)c1nnc2c3ccccc3cnn12.Cc1ccc(S(=O)(=O)O)cc1.Cc1ccc(S(=O)(=O)O)cc1. The summed E-state index contributed by atoms with van der Waals surface area (Å²) in [6.45, 7) is 5.55. The van der Waals surface area contributed by atoms with Crippen molar-refractivity contribution in [3.8, 4) is 0 Å². The van der Waals surface area contributed by atoms with Crippen LogP contribution < -0.4 is 5.73 Å². The lowest BCUT2D eigenvalue weighted by molar-refractivity contribution is 0.481. The molecule has 5 aromatic rings. The highest BCUT2D eigenvalue weighted by molar-refractivity contribution is 7.86. The molecule has 0 unspecified atom stereocenters. The fourth-order valence-electron chi connectivity index (χ4n) is 3.21. The number of hydrogen-bond acceptors (Lipinski definition) is 8. The molecule has 3 aromatic carbocycles. The second-order valence-corrected chi connectivity index (χ2v) is 11.2. The minimum absolute atomic E-state index is 0.0666. The quantitative estimate of drug-likeness (QED) is 0.276. The monoisotopic (exact) mass is 557 g/mol. The third-order valence-corrected chi connectivity index (χ3v) is 6.96. The van der Waals surface area contributed by atoms with E-state index in [-0.39, 0.29) is 15.8 Å². The van der Waals surface area contributed by atoms with Crippen molar-refractivity contribution in [2.75, 3.05) is 0 Å². The Bertz CT molecular complexity index is 1680. The van der Waals surface area contributed by atoms with Crippen LogP contribution in [0.25, 0.3) is 16.4 Å². The van der Waals surface area contributed by atoms with E-state index in [1.54, 1.807) is 35.0 Å². The number of nitrogens with two attached hydrogens (primary N) is 1. The molecule has 0 fully saturated rings. The molecule has 38 heavy (non-hydrogen) atoms. The van der Waals surface area contributed by atoms with Crippen LogP contribution in [0.4, 0.5) is 0 Å². The van der Waals surface area contributed by atoms with Gasteiger partial charge < -0.3 is 5.73 Å². The molecule has 0 bridgehead atoms. The van der Waals surface area contributed by atoms with Crippen LogP contribution >= 0.6 is 0 Å². The second-order valence-electron chi connectivity index (χ2n) is 8.39. The van der Waals surface area contributed by atoms with Gasteiger partial charge in [-0.1, -0.05) is 59.7 Å². The maximum atomic E-state index is 10.5. The third kappa shape index (κ3) is 7.40. The zero-order chi connectivity index (χ0) is 28.1. The van der Waals surface area contributed by atoms with E-state index in [0.717, 1.165) is 27.5 Å². The van der Waals surface area contributed by atoms with Crippen LogP contribution in [0.2, 0.25) is 0 Å². The van der Waals surface area contributed by atoms with Gasteiger partial charge in [0, 0.05) is 10.8 Å². The zero-order valence-corrected chi connectivity index (χ0v) is 22.4. The first-order valence-electron chi connectivity index (χ1n) is 11.2. The van der Waals surface area contributed by atoms with Gasteiger partial charge in [0.05, 0.1) is 22.0 Å². The average Bonchev–Trinajstić information content (AvgIpc) is 3.29. The molecule has 1 atom stereocenters. The summed E-state index contributed by atoms with van der Waals surface area (Å²) >= 11 is 0. The lowest BCUT2D eigenvalue weighted by Gasteiger charge is -2.02. The summed E-state index contributed by atoms with van der Waals surface area (Å²) in [5.74, 6) is 0.681. The van der Waals surface area contributed by atoms with Gasteiger partial charge in [0.1, 0.15) is 0 Å². The fraction of sp³-hybridized carbons (Fsp3) is 0.160. The first-order valence-corrected chi connectivity index (χ1v) is 14.1. The fourth-order valence-corrected chi connectivity index (χ4v) is 4.17. The third-order valence-electron chi connectivity index (χ3n) is 5.22. The summed E-state index contributed by atoms with van der Waals surface area (Å²) in [4.78, 5) is -0.133. The Kier molecular flexibility index (Phi) is 8.91. The van der Waals surface area contributed by atoms with E-state index in [0.29, 0.717) is 5.82 Å². The molecule has 2 heterocycles. The highest BCUT2D eigenvalue weighted by Crippen LogP contribution is 2.18. The standard InChI is InChI=1S/C11H11N5.2C7H8O3S/c1-7(12)10-14-15-11-9-5-3-2-4-8(9)6-13-16(10)11;2*1-6-2-4-7(5-3-6)11(8,9)10/h2-7H,12H2,1H3;2*2-5H,1H3,(H,8,9,10)/t7-;;/m0../s1. The number of benzene rings is 3. The van der Waals surface area contributed by atoms with Crippen molar-refractivity contribution in [1.82, 2.24) is 19.8 Å². The maximum Gasteiger partial charge on any atom is 0.294 e. The van der Waals surface area contributed by atoms with Crippen LogP contribution in [0, 0.1) is 13.8 Å². The van der Waals surface area contributed by atoms with Crippen molar-refractivity contribution < 1.29 is 25.9 Å². The van der Waals surface area contributed by atoms with E-state index in [4.69, 9.17) is 14.8 Å². The number of hydrogen-bond donors (Lipinski definition) is 3. The molecule has 13 heteroatoms. The summed E-state index contributed by atoms with van der Waals surface area (Å²) < 4.78 is 60.8. The summed E-state index contributed by atoms with van der Waals surface area (Å²) in [7, 11) is -8.04. The smallest absolute Gasteiger partial charge is 0.294 e. The first kappa shape index (κ1) is 28.8. The van der Waals surface area contributed by atoms with Gasteiger partial charge in [-0.05, 0) is 45.0 Å². The van der Waals surface area contributed by atoms with Gasteiger partial charge in [-0.2, -0.15) is 26.4 Å². The molecule has 5 rings (SSSR count). The number of fused-ring (bicyclic) bond motifs is 3. The molecule has 0 amide bonds. The molecule has 0 radical (unpaired) electrons. The summed E-state index contributed by atoms with van der Waals surface area (Å²) in [6, 6.07) is 19.8. The number of aryl methyl sites for hydroxylation is 2. The normalized spacial score (nSPS) is 12.3. The Morgan fingerprint density at radius 1 is 0.763 bits per heavy atom. The Morgan fingerprint density at radius 3 is 1.68 bits per heavy atom. The molecule has 0 aliphatic carbocycles.